The molecule has 4 amide bonds. The van der Waals surface area contributed by atoms with Gasteiger partial charge in [0.05, 0.1) is 48.8 Å². The third kappa shape index (κ3) is 5.71. The maximum Gasteiger partial charge on any atom is 0.339 e. The third-order valence-electron chi connectivity index (χ3n) is 11.9. The Balaban J connectivity index is 1.29. The molecule has 13 heteroatoms. The van der Waals surface area contributed by atoms with Crippen LogP contribution in [-0.4, -0.2) is 64.1 Å². The van der Waals surface area contributed by atoms with Crippen molar-refractivity contribution in [3.63, 3.8) is 0 Å². The highest BCUT2D eigenvalue weighted by Crippen LogP contribution is 2.61. The van der Waals surface area contributed by atoms with Crippen LogP contribution >= 0.6 is 0 Å². The standard InChI is InChI=1S/C44H39N3O10/c1-23-9-12-26(13-10-23)45-47-40(51)33-22-31-28(16-17-30-37(31)41(52)46(39(30)50)27-14-15-29(42(53)54)34(48)21-27)32(44(33,43(47)55)25-7-5-4-6-8-25)18-11-24-19-35(56-2)38(49)36(20-24)57-3/h4-16,18-21,30-33,37,45,48-49H,17,22H2,1-3H3,(H,53,54). The van der Waals surface area contributed by atoms with Crippen LogP contribution in [0.3, 0.4) is 0 Å². The number of hydrazine groups is 1. The van der Waals surface area contributed by atoms with E-state index < -0.39 is 70.4 Å². The van der Waals surface area contributed by atoms with E-state index >= 15 is 4.79 Å². The number of allylic oxidation sites excluding steroid dienone is 3. The zero-order valence-corrected chi connectivity index (χ0v) is 31.2. The number of fused-ring (bicyclic) bond motifs is 4. The SMILES string of the molecule is COc1cc(C=CC2C3=CCC4C(=O)N(c5ccc(C(=O)O)c(O)c5)C(=O)C4C3CC3C(=O)N(Nc4ccc(C)cc4)C(=O)C23c2ccccc2)cc(OC)c1O. The minimum Gasteiger partial charge on any atom is -0.507 e. The molecule has 8 rings (SSSR count). The topological polar surface area (TPSA) is 183 Å². The highest BCUT2D eigenvalue weighted by atomic mass is 16.5. The monoisotopic (exact) mass is 769 g/mol. The van der Waals surface area contributed by atoms with Gasteiger partial charge in [0.2, 0.25) is 17.6 Å². The highest BCUT2D eigenvalue weighted by Gasteiger charge is 2.69. The molecule has 0 aromatic heterocycles. The van der Waals surface area contributed by atoms with E-state index in [1.807, 2.05) is 61.5 Å². The predicted molar refractivity (Wildman–Crippen MR) is 207 cm³/mol. The van der Waals surface area contributed by atoms with Crippen LogP contribution in [0.4, 0.5) is 11.4 Å². The molecule has 2 saturated heterocycles. The molecule has 6 atom stereocenters. The number of imide groups is 2. The average molecular weight is 770 g/mol. The van der Waals surface area contributed by atoms with Crippen molar-refractivity contribution in [3.8, 4) is 23.0 Å². The number of hydrogen-bond donors (Lipinski definition) is 4. The number of hydrogen-bond acceptors (Lipinski definition) is 10. The molecule has 2 aliphatic carbocycles. The van der Waals surface area contributed by atoms with Gasteiger partial charge < -0.3 is 24.8 Å². The fourth-order valence-corrected chi connectivity index (χ4v) is 9.31. The summed E-state index contributed by atoms with van der Waals surface area (Å²) in [4.78, 5) is 71.4. The summed E-state index contributed by atoms with van der Waals surface area (Å²) in [6.07, 6.45) is 5.74. The van der Waals surface area contributed by atoms with E-state index in [-0.39, 0.29) is 41.3 Å². The number of benzene rings is 4. The number of nitrogens with one attached hydrogen (secondary N) is 1. The van der Waals surface area contributed by atoms with Gasteiger partial charge in [-0.2, -0.15) is 5.01 Å². The van der Waals surface area contributed by atoms with Crippen molar-refractivity contribution in [3.05, 3.63) is 125 Å². The molecular formula is C44H39N3O10. The van der Waals surface area contributed by atoms with Crippen LogP contribution in [0.15, 0.2) is 103 Å². The number of carbonyl (C=O) groups is 5. The summed E-state index contributed by atoms with van der Waals surface area (Å²) in [6, 6.07) is 23.1. The van der Waals surface area contributed by atoms with Crippen LogP contribution in [0.5, 0.6) is 23.0 Å². The van der Waals surface area contributed by atoms with Crippen LogP contribution in [0.2, 0.25) is 0 Å². The normalized spacial score (nSPS) is 25.2. The number of aromatic carboxylic acids is 1. The van der Waals surface area contributed by atoms with E-state index in [0.717, 1.165) is 33.2 Å². The lowest BCUT2D eigenvalue weighted by atomic mass is 9.50. The molecule has 290 valence electrons. The predicted octanol–water partition coefficient (Wildman–Crippen LogP) is 5.86. The van der Waals surface area contributed by atoms with Crippen LogP contribution < -0.4 is 19.8 Å². The minimum absolute atomic E-state index is 0.0326. The van der Waals surface area contributed by atoms with Crippen molar-refractivity contribution in [2.45, 2.75) is 25.2 Å². The first-order valence-electron chi connectivity index (χ1n) is 18.4. The summed E-state index contributed by atoms with van der Waals surface area (Å²) in [5.41, 5.74) is 4.64. The molecule has 57 heavy (non-hydrogen) atoms. The summed E-state index contributed by atoms with van der Waals surface area (Å²) in [6.45, 7) is 1.93. The van der Waals surface area contributed by atoms with Gasteiger partial charge in [-0.1, -0.05) is 71.8 Å². The number of nitrogens with zero attached hydrogens (tertiary/aromatic N) is 2. The Bertz CT molecular complexity index is 2380. The number of carboxylic acid groups (broad SMARTS) is 1. The van der Waals surface area contributed by atoms with Crippen molar-refractivity contribution < 1.29 is 48.8 Å². The number of phenolic OH excluding ortho intramolecular Hbond substituents is 1. The number of rotatable bonds is 9. The molecular weight excluding hydrogens is 730 g/mol. The van der Waals surface area contributed by atoms with Crippen molar-refractivity contribution in [1.82, 2.24) is 5.01 Å². The van der Waals surface area contributed by atoms with Gasteiger partial charge in [0.1, 0.15) is 11.3 Å². The number of carbonyl (C=O) groups excluding carboxylic acids is 4. The summed E-state index contributed by atoms with van der Waals surface area (Å²) in [7, 11) is 2.82. The van der Waals surface area contributed by atoms with Crippen molar-refractivity contribution in [1.29, 1.82) is 0 Å². The van der Waals surface area contributed by atoms with Gasteiger partial charge in [0.25, 0.3) is 11.8 Å². The Hall–Kier alpha value is -6.89. The third-order valence-corrected chi connectivity index (χ3v) is 11.9. The summed E-state index contributed by atoms with van der Waals surface area (Å²) < 4.78 is 10.8. The maximum absolute atomic E-state index is 15.3. The maximum atomic E-state index is 15.3. The summed E-state index contributed by atoms with van der Waals surface area (Å²) in [5, 5.41) is 31.7. The number of methoxy groups -OCH3 is 2. The van der Waals surface area contributed by atoms with E-state index in [1.165, 1.54) is 20.3 Å². The van der Waals surface area contributed by atoms with Crippen LogP contribution in [0.1, 0.15) is 39.9 Å². The number of amides is 4. The molecule has 6 unspecified atom stereocenters. The Labute approximate surface area is 327 Å². The number of aromatic hydroxyl groups is 2. The fraction of sp³-hybridized carbons (Fsp3) is 0.250. The van der Waals surface area contributed by atoms with Crippen molar-refractivity contribution in [2.75, 3.05) is 24.5 Å². The molecule has 1 saturated carbocycles. The second-order valence-electron chi connectivity index (χ2n) is 14.8. The van der Waals surface area contributed by atoms with Crippen LogP contribution in [-0.2, 0) is 24.6 Å². The van der Waals surface area contributed by atoms with Crippen LogP contribution in [0.25, 0.3) is 6.08 Å². The molecule has 0 bridgehead atoms. The molecule has 3 fully saturated rings. The molecule has 4 aliphatic rings. The number of carboxylic acids is 1. The van der Waals surface area contributed by atoms with Gasteiger partial charge in [-0.15, -0.1) is 0 Å². The zero-order valence-electron chi connectivity index (χ0n) is 31.2. The van der Waals surface area contributed by atoms with E-state index in [2.05, 4.69) is 5.43 Å². The van der Waals surface area contributed by atoms with Gasteiger partial charge >= 0.3 is 5.97 Å². The van der Waals surface area contributed by atoms with E-state index in [1.54, 1.807) is 30.3 Å². The Morgan fingerprint density at radius 1 is 0.860 bits per heavy atom. The van der Waals surface area contributed by atoms with Crippen molar-refractivity contribution >= 4 is 47.0 Å². The zero-order chi connectivity index (χ0) is 40.3. The van der Waals surface area contributed by atoms with Gasteiger partial charge in [0.15, 0.2) is 11.5 Å². The Morgan fingerprint density at radius 2 is 1.54 bits per heavy atom. The van der Waals surface area contributed by atoms with Crippen LogP contribution in [0, 0.1) is 36.5 Å². The number of ether oxygens (including phenoxy) is 2. The first-order chi connectivity index (χ1) is 27.4. The molecule has 4 N–H and O–H groups in total. The lowest BCUT2D eigenvalue weighted by Crippen LogP contribution is -2.54. The lowest BCUT2D eigenvalue weighted by molar-refractivity contribution is -0.139. The van der Waals surface area contributed by atoms with Gasteiger partial charge in [0, 0.05) is 12.0 Å². The van der Waals surface area contributed by atoms with Gasteiger partial charge in [-0.05, 0) is 73.2 Å². The van der Waals surface area contributed by atoms with E-state index in [4.69, 9.17) is 9.47 Å². The summed E-state index contributed by atoms with van der Waals surface area (Å²) in [5.74, 6) is -8.03. The largest absolute Gasteiger partial charge is 0.507 e. The Kier molecular flexibility index (Phi) is 9.10. The molecule has 4 aromatic rings. The quantitative estimate of drug-likeness (QED) is 0.118. The fourth-order valence-electron chi connectivity index (χ4n) is 9.31. The minimum atomic E-state index is -1.49. The second kappa shape index (κ2) is 14.0. The van der Waals surface area contributed by atoms with E-state index in [0.29, 0.717) is 16.8 Å². The number of phenols is 2. The molecule has 4 aromatic carbocycles. The molecule has 0 radical (unpaired) electrons. The number of aryl methyl sites for hydroxylation is 1. The number of anilines is 2. The first-order valence-corrected chi connectivity index (χ1v) is 18.4. The Morgan fingerprint density at radius 3 is 2.18 bits per heavy atom. The van der Waals surface area contributed by atoms with Crippen molar-refractivity contribution in [2.24, 2.45) is 29.6 Å². The first kappa shape index (κ1) is 37.1. The van der Waals surface area contributed by atoms with Gasteiger partial charge in [-0.25, -0.2) is 9.69 Å². The summed E-state index contributed by atoms with van der Waals surface area (Å²) >= 11 is 0. The van der Waals surface area contributed by atoms with E-state index in [9.17, 15) is 34.5 Å². The lowest BCUT2D eigenvalue weighted by Gasteiger charge is -2.49. The molecule has 2 aliphatic heterocycles. The smallest absolute Gasteiger partial charge is 0.339 e. The average Bonchev–Trinajstić information content (AvgIpc) is 3.59. The second-order valence-corrected chi connectivity index (χ2v) is 14.8. The highest BCUT2D eigenvalue weighted by molar-refractivity contribution is 6.23. The molecule has 13 nitrogen and oxygen atoms in total. The molecule has 2 heterocycles. The molecule has 0 spiro atoms. The van der Waals surface area contributed by atoms with Gasteiger partial charge in [-0.3, -0.25) is 24.6 Å².